The highest BCUT2D eigenvalue weighted by Crippen LogP contribution is 2.12. The molecule has 0 unspecified atom stereocenters. The maximum absolute atomic E-state index is 11.4. The molecule has 1 aromatic heterocycles. The summed E-state index contributed by atoms with van der Waals surface area (Å²) in [4.78, 5) is 0. The van der Waals surface area contributed by atoms with Crippen LogP contribution in [-0.4, -0.2) is 22.0 Å². The van der Waals surface area contributed by atoms with Crippen LogP contribution < -0.4 is 10.0 Å². The van der Waals surface area contributed by atoms with Crippen molar-refractivity contribution in [1.29, 1.82) is 0 Å². The zero-order chi connectivity index (χ0) is 12.7. The van der Waals surface area contributed by atoms with E-state index in [4.69, 9.17) is 4.42 Å². The van der Waals surface area contributed by atoms with E-state index in [1.165, 1.54) is 13.1 Å². The first-order valence-corrected chi connectivity index (χ1v) is 6.71. The standard InChI is InChI=1S/C11H16N2O3S/c1-3-4-5-8-13-9-10-6-7-11(16-10)17(14,15)12-2/h6-7,12-13H,5,8-9H2,1-2H3. The van der Waals surface area contributed by atoms with E-state index in [0.29, 0.717) is 12.3 Å². The molecule has 0 bridgehead atoms. The van der Waals surface area contributed by atoms with Gasteiger partial charge in [-0.3, -0.25) is 0 Å². The van der Waals surface area contributed by atoms with Gasteiger partial charge in [-0.25, -0.2) is 13.1 Å². The lowest BCUT2D eigenvalue weighted by molar-refractivity contribution is 0.401. The fourth-order valence-electron chi connectivity index (χ4n) is 1.19. The number of furan rings is 1. The molecule has 0 spiro atoms. The van der Waals surface area contributed by atoms with Gasteiger partial charge >= 0.3 is 0 Å². The number of nitrogens with one attached hydrogen (secondary N) is 2. The Morgan fingerprint density at radius 3 is 2.82 bits per heavy atom. The first-order valence-electron chi connectivity index (χ1n) is 5.22. The Kier molecular flexibility index (Phi) is 5.22. The van der Waals surface area contributed by atoms with E-state index in [1.807, 2.05) is 0 Å². The average molecular weight is 256 g/mol. The van der Waals surface area contributed by atoms with Crippen LogP contribution in [0, 0.1) is 11.8 Å². The minimum Gasteiger partial charge on any atom is -0.447 e. The molecule has 94 valence electrons. The van der Waals surface area contributed by atoms with Crippen LogP contribution >= 0.6 is 0 Å². The highest BCUT2D eigenvalue weighted by Gasteiger charge is 2.15. The van der Waals surface area contributed by atoms with Crippen molar-refractivity contribution in [3.05, 3.63) is 17.9 Å². The monoisotopic (exact) mass is 256 g/mol. The largest absolute Gasteiger partial charge is 0.447 e. The molecule has 0 aliphatic rings. The number of sulfonamides is 1. The molecule has 1 heterocycles. The Morgan fingerprint density at radius 1 is 1.41 bits per heavy atom. The Labute approximate surface area is 102 Å². The molecule has 1 aromatic rings. The SMILES string of the molecule is CC#CCCNCc1ccc(S(=O)(=O)NC)o1. The Bertz CT molecular complexity index is 508. The van der Waals surface area contributed by atoms with Gasteiger partial charge in [0.25, 0.3) is 10.0 Å². The molecule has 0 fully saturated rings. The Morgan fingerprint density at radius 2 is 2.18 bits per heavy atom. The van der Waals surface area contributed by atoms with Gasteiger partial charge in [-0.1, -0.05) is 0 Å². The second-order valence-corrected chi connectivity index (χ2v) is 5.10. The highest BCUT2D eigenvalue weighted by molar-refractivity contribution is 7.89. The van der Waals surface area contributed by atoms with E-state index in [-0.39, 0.29) is 5.09 Å². The van der Waals surface area contributed by atoms with Crippen LogP contribution in [0.25, 0.3) is 0 Å². The van der Waals surface area contributed by atoms with Gasteiger partial charge in [0, 0.05) is 13.0 Å². The van der Waals surface area contributed by atoms with E-state index in [0.717, 1.165) is 13.0 Å². The summed E-state index contributed by atoms with van der Waals surface area (Å²) in [6.45, 7) is 3.03. The Balaban J connectivity index is 2.48. The second-order valence-electron chi connectivity index (χ2n) is 3.28. The summed E-state index contributed by atoms with van der Waals surface area (Å²) in [5.74, 6) is 6.31. The molecule has 1 rings (SSSR count). The lowest BCUT2D eigenvalue weighted by Gasteiger charge is -1.99. The van der Waals surface area contributed by atoms with Gasteiger partial charge in [0.05, 0.1) is 6.54 Å². The van der Waals surface area contributed by atoms with Gasteiger partial charge in [0.2, 0.25) is 5.09 Å². The van der Waals surface area contributed by atoms with Crippen molar-refractivity contribution < 1.29 is 12.8 Å². The van der Waals surface area contributed by atoms with Gasteiger partial charge in [-0.05, 0) is 26.1 Å². The van der Waals surface area contributed by atoms with Gasteiger partial charge in [0.15, 0.2) is 0 Å². The molecule has 0 atom stereocenters. The zero-order valence-electron chi connectivity index (χ0n) is 9.91. The van der Waals surface area contributed by atoms with Gasteiger partial charge in [-0.2, -0.15) is 0 Å². The predicted molar refractivity (Wildman–Crippen MR) is 64.7 cm³/mol. The minimum atomic E-state index is -3.48. The fourth-order valence-corrected chi connectivity index (χ4v) is 1.85. The number of hydrogen-bond acceptors (Lipinski definition) is 4. The zero-order valence-corrected chi connectivity index (χ0v) is 10.7. The van der Waals surface area contributed by atoms with Crippen LogP contribution in [0.2, 0.25) is 0 Å². The molecule has 6 heteroatoms. The molecule has 0 radical (unpaired) electrons. The summed E-state index contributed by atoms with van der Waals surface area (Å²) in [6, 6.07) is 3.08. The van der Waals surface area contributed by atoms with Gasteiger partial charge < -0.3 is 9.73 Å². The maximum atomic E-state index is 11.4. The minimum absolute atomic E-state index is 0.0647. The molecule has 17 heavy (non-hydrogen) atoms. The lowest BCUT2D eigenvalue weighted by Crippen LogP contribution is -2.18. The predicted octanol–water partition coefficient (Wildman–Crippen LogP) is 0.691. The topological polar surface area (TPSA) is 71.3 Å². The molecule has 2 N–H and O–H groups in total. The molecule has 0 amide bonds. The summed E-state index contributed by atoms with van der Waals surface area (Å²) >= 11 is 0. The van der Waals surface area contributed by atoms with E-state index in [2.05, 4.69) is 21.9 Å². The third-order valence-corrected chi connectivity index (χ3v) is 3.36. The number of rotatable bonds is 6. The first kappa shape index (κ1) is 13.8. The van der Waals surface area contributed by atoms with E-state index >= 15 is 0 Å². The lowest BCUT2D eigenvalue weighted by atomic mass is 10.4. The quantitative estimate of drug-likeness (QED) is 0.580. The van der Waals surface area contributed by atoms with Crippen molar-refractivity contribution in [1.82, 2.24) is 10.0 Å². The van der Waals surface area contributed by atoms with E-state index < -0.39 is 10.0 Å². The second kappa shape index (κ2) is 6.45. The molecule has 0 saturated heterocycles. The van der Waals surface area contributed by atoms with Crippen LogP contribution in [0.4, 0.5) is 0 Å². The fraction of sp³-hybridized carbons (Fsp3) is 0.455. The maximum Gasteiger partial charge on any atom is 0.273 e. The Hall–Kier alpha value is -1.29. The highest BCUT2D eigenvalue weighted by atomic mass is 32.2. The molecule has 0 aromatic carbocycles. The van der Waals surface area contributed by atoms with Crippen molar-refractivity contribution in [2.75, 3.05) is 13.6 Å². The summed E-state index contributed by atoms with van der Waals surface area (Å²) in [6.07, 6.45) is 0.763. The summed E-state index contributed by atoms with van der Waals surface area (Å²) < 4.78 is 30.2. The smallest absolute Gasteiger partial charge is 0.273 e. The van der Waals surface area contributed by atoms with Crippen molar-refractivity contribution in [3.63, 3.8) is 0 Å². The van der Waals surface area contributed by atoms with Gasteiger partial charge in [-0.15, -0.1) is 11.8 Å². The molecular formula is C11H16N2O3S. The third-order valence-electron chi connectivity index (χ3n) is 2.07. The van der Waals surface area contributed by atoms with Crippen molar-refractivity contribution in [2.24, 2.45) is 0 Å². The van der Waals surface area contributed by atoms with Crippen molar-refractivity contribution >= 4 is 10.0 Å². The van der Waals surface area contributed by atoms with Gasteiger partial charge in [0.1, 0.15) is 5.76 Å². The normalized spacial score (nSPS) is 10.9. The van der Waals surface area contributed by atoms with E-state index in [1.54, 1.807) is 13.0 Å². The van der Waals surface area contributed by atoms with Crippen LogP contribution in [0.3, 0.4) is 0 Å². The molecule has 0 aliphatic heterocycles. The van der Waals surface area contributed by atoms with Crippen LogP contribution in [-0.2, 0) is 16.6 Å². The molecule has 5 nitrogen and oxygen atoms in total. The summed E-state index contributed by atoms with van der Waals surface area (Å²) in [5, 5.41) is 3.04. The van der Waals surface area contributed by atoms with E-state index in [9.17, 15) is 8.42 Å². The summed E-state index contributed by atoms with van der Waals surface area (Å²) in [7, 11) is -2.14. The average Bonchev–Trinajstić information content (AvgIpc) is 2.78. The van der Waals surface area contributed by atoms with Crippen LogP contribution in [0.5, 0.6) is 0 Å². The number of hydrogen-bond donors (Lipinski definition) is 2. The van der Waals surface area contributed by atoms with Crippen LogP contribution in [0.15, 0.2) is 21.6 Å². The molecule has 0 aliphatic carbocycles. The molecular weight excluding hydrogens is 240 g/mol. The molecule has 0 saturated carbocycles. The van der Waals surface area contributed by atoms with Crippen LogP contribution in [0.1, 0.15) is 19.1 Å². The van der Waals surface area contributed by atoms with Crippen molar-refractivity contribution in [2.45, 2.75) is 25.0 Å². The van der Waals surface area contributed by atoms with Crippen molar-refractivity contribution in [3.8, 4) is 11.8 Å². The third kappa shape index (κ3) is 4.23. The summed E-state index contributed by atoms with van der Waals surface area (Å²) in [5.41, 5.74) is 0. The first-order chi connectivity index (χ1) is 8.10.